The average Bonchev–Trinajstić information content (AvgIpc) is 3.64. The molecule has 5 aromatic rings. The maximum Gasteiger partial charge on any atom is 0.274 e. The van der Waals surface area contributed by atoms with E-state index >= 15 is 0 Å². The van der Waals surface area contributed by atoms with Crippen LogP contribution in [-0.4, -0.2) is 60.0 Å². The van der Waals surface area contributed by atoms with E-state index in [9.17, 15) is 18.0 Å². The second-order valence-corrected chi connectivity index (χ2v) is 15.8. The van der Waals surface area contributed by atoms with Crippen LogP contribution in [0.4, 0.5) is 0 Å². The molecule has 0 saturated heterocycles. The number of nitrogens with zero attached hydrogens (tertiary/aromatic N) is 4. The van der Waals surface area contributed by atoms with E-state index in [1.165, 1.54) is 17.8 Å². The lowest BCUT2D eigenvalue weighted by molar-refractivity contribution is -0.129. The molecule has 2 amide bonds. The number of fused-ring (bicyclic) bond motifs is 2. The van der Waals surface area contributed by atoms with E-state index in [4.69, 9.17) is 4.98 Å². The molecule has 0 aliphatic heterocycles. The number of aryl methyl sites for hydroxylation is 2. The predicted molar refractivity (Wildman–Crippen MR) is 178 cm³/mol. The number of aromatic nitrogens is 3. The fraction of sp³-hybridized carbons (Fsp3) is 0.375. The molecule has 0 spiro atoms. The molecule has 230 valence electrons. The first-order valence-electron chi connectivity index (χ1n) is 14.6. The van der Waals surface area contributed by atoms with E-state index in [-0.39, 0.29) is 18.4 Å². The molecule has 1 aromatic carbocycles. The molecule has 1 aliphatic carbocycles. The summed E-state index contributed by atoms with van der Waals surface area (Å²) in [5, 5.41) is 2.00. The Hall–Kier alpha value is -3.61. The number of amides is 2. The lowest BCUT2D eigenvalue weighted by Crippen LogP contribution is -2.28. The highest BCUT2D eigenvalue weighted by Crippen LogP contribution is 2.47. The van der Waals surface area contributed by atoms with Crippen LogP contribution in [0.15, 0.2) is 36.4 Å². The Balaban J connectivity index is 1.54. The van der Waals surface area contributed by atoms with Crippen LogP contribution in [0.1, 0.15) is 64.0 Å². The number of benzene rings is 1. The first-order chi connectivity index (χ1) is 20.9. The third kappa shape index (κ3) is 5.90. The molecule has 44 heavy (non-hydrogen) atoms. The second-order valence-electron chi connectivity index (χ2n) is 11.8. The fourth-order valence-electron chi connectivity index (χ4n) is 6.17. The quantitative estimate of drug-likeness (QED) is 0.216. The number of carbonyl (C=O) groups is 2. The molecule has 0 atom stereocenters. The number of nitrogens with one attached hydrogen (secondary N) is 1. The van der Waals surface area contributed by atoms with Gasteiger partial charge in [-0.3, -0.25) is 9.59 Å². The first kappa shape index (κ1) is 30.4. The molecule has 0 radical (unpaired) electrons. The Labute approximate surface area is 265 Å². The van der Waals surface area contributed by atoms with Crippen molar-refractivity contribution in [3.8, 4) is 21.8 Å². The molecule has 1 aliphatic rings. The summed E-state index contributed by atoms with van der Waals surface area (Å²) >= 11 is 2.94. The van der Waals surface area contributed by atoms with E-state index < -0.39 is 15.9 Å². The number of hydrogen-bond acceptors (Lipinski definition) is 8. The summed E-state index contributed by atoms with van der Waals surface area (Å²) in [6, 6.07) is 12.1. The zero-order valence-corrected chi connectivity index (χ0v) is 27.9. The number of likely N-dealkylation sites (N-methyl/N-ethyl adjacent to an activating group) is 1. The van der Waals surface area contributed by atoms with Crippen molar-refractivity contribution in [1.82, 2.24) is 24.2 Å². The molecule has 1 saturated carbocycles. The topological polar surface area (TPSA) is 114 Å². The van der Waals surface area contributed by atoms with Gasteiger partial charge in [0.25, 0.3) is 5.91 Å². The van der Waals surface area contributed by atoms with Crippen molar-refractivity contribution < 1.29 is 18.0 Å². The molecular formula is C32H35N5O4S3. The number of hydrogen-bond donors (Lipinski definition) is 1. The van der Waals surface area contributed by atoms with E-state index in [2.05, 4.69) is 27.9 Å². The smallest absolute Gasteiger partial charge is 0.274 e. The number of pyridine rings is 1. The van der Waals surface area contributed by atoms with Gasteiger partial charge in [-0.05, 0) is 68.0 Å². The lowest BCUT2D eigenvalue weighted by atomic mass is 9.83. The standard InChI is InChI=1S/C32H35N5O4S3/c1-18-30(42-19(2)33-18)24-14-11-21-15-22(12-13-23(21)34-24)29-28(20-9-7-6-8-10-20)31-25(37(29)17-27(38)36(3)4)16-26(43-31)32(39)35-44(5,40)41/h11-16,20H,6-10,17H2,1-5H3,(H,35,39). The van der Waals surface area contributed by atoms with Gasteiger partial charge in [0.1, 0.15) is 6.54 Å². The van der Waals surface area contributed by atoms with Crippen LogP contribution in [0.3, 0.4) is 0 Å². The molecule has 4 heterocycles. The van der Waals surface area contributed by atoms with E-state index in [1.807, 2.05) is 30.5 Å². The molecule has 0 bridgehead atoms. The zero-order chi connectivity index (χ0) is 31.3. The van der Waals surface area contributed by atoms with Gasteiger partial charge in [0, 0.05) is 19.5 Å². The van der Waals surface area contributed by atoms with Crippen molar-refractivity contribution in [2.75, 3.05) is 20.4 Å². The van der Waals surface area contributed by atoms with Gasteiger partial charge in [0.2, 0.25) is 15.9 Å². The minimum atomic E-state index is -3.73. The number of rotatable bonds is 7. The Morgan fingerprint density at radius 2 is 1.77 bits per heavy atom. The summed E-state index contributed by atoms with van der Waals surface area (Å²) < 4.78 is 28.7. The van der Waals surface area contributed by atoms with Crippen molar-refractivity contribution in [2.24, 2.45) is 0 Å². The van der Waals surface area contributed by atoms with Crippen LogP contribution in [0.2, 0.25) is 0 Å². The molecule has 1 fully saturated rings. The lowest BCUT2D eigenvalue weighted by Gasteiger charge is -2.24. The first-order valence-corrected chi connectivity index (χ1v) is 18.2. The van der Waals surface area contributed by atoms with Gasteiger partial charge in [0.05, 0.1) is 53.8 Å². The Bertz CT molecular complexity index is 2030. The predicted octanol–water partition coefficient (Wildman–Crippen LogP) is 6.48. The Kier molecular flexibility index (Phi) is 8.10. The number of carbonyl (C=O) groups excluding carboxylic acids is 2. The zero-order valence-electron chi connectivity index (χ0n) is 25.4. The van der Waals surface area contributed by atoms with Gasteiger partial charge >= 0.3 is 0 Å². The number of sulfonamides is 1. The van der Waals surface area contributed by atoms with Gasteiger partial charge in [-0.15, -0.1) is 22.7 Å². The van der Waals surface area contributed by atoms with Gasteiger partial charge in [-0.2, -0.15) is 0 Å². The van der Waals surface area contributed by atoms with E-state index in [0.717, 1.165) is 91.2 Å². The van der Waals surface area contributed by atoms with Crippen LogP contribution in [0.5, 0.6) is 0 Å². The van der Waals surface area contributed by atoms with Crippen LogP contribution >= 0.6 is 22.7 Å². The largest absolute Gasteiger partial charge is 0.347 e. The maximum atomic E-state index is 13.2. The van der Waals surface area contributed by atoms with E-state index in [0.29, 0.717) is 4.88 Å². The summed E-state index contributed by atoms with van der Waals surface area (Å²) in [6.45, 7) is 4.10. The monoisotopic (exact) mass is 649 g/mol. The highest BCUT2D eigenvalue weighted by molar-refractivity contribution is 7.89. The third-order valence-electron chi connectivity index (χ3n) is 8.18. The highest BCUT2D eigenvalue weighted by atomic mass is 32.2. The van der Waals surface area contributed by atoms with Crippen molar-refractivity contribution in [3.63, 3.8) is 0 Å². The van der Waals surface area contributed by atoms with Crippen LogP contribution < -0.4 is 4.72 Å². The Morgan fingerprint density at radius 3 is 2.43 bits per heavy atom. The van der Waals surface area contributed by atoms with Crippen molar-refractivity contribution in [3.05, 3.63) is 57.5 Å². The summed E-state index contributed by atoms with van der Waals surface area (Å²) in [7, 11) is -0.264. The second kappa shape index (κ2) is 11.7. The van der Waals surface area contributed by atoms with Crippen molar-refractivity contribution >= 4 is 65.6 Å². The highest BCUT2D eigenvalue weighted by Gasteiger charge is 2.30. The number of thiophene rings is 1. The molecule has 0 unspecified atom stereocenters. The van der Waals surface area contributed by atoms with E-state index in [1.54, 1.807) is 36.4 Å². The fourth-order valence-corrected chi connectivity index (χ4v) is 8.75. The summed E-state index contributed by atoms with van der Waals surface area (Å²) in [6.07, 6.45) is 6.41. The molecule has 6 rings (SSSR count). The van der Waals surface area contributed by atoms with Gasteiger partial charge in [0.15, 0.2) is 0 Å². The van der Waals surface area contributed by atoms with Crippen LogP contribution in [0, 0.1) is 13.8 Å². The number of thiazole rings is 1. The minimum absolute atomic E-state index is 0.0750. The third-order valence-corrected chi connectivity index (χ3v) is 11.0. The molecular weight excluding hydrogens is 615 g/mol. The SMILES string of the molecule is Cc1nc(C)c(-c2ccc3cc(-c4c(C5CCCCC5)c5sc(C(=O)NS(C)(=O)=O)cc5n4CC(=O)N(C)C)ccc3n2)s1. The molecule has 4 aromatic heterocycles. The average molecular weight is 650 g/mol. The van der Waals surface area contributed by atoms with Gasteiger partial charge < -0.3 is 9.47 Å². The van der Waals surface area contributed by atoms with Crippen LogP contribution in [-0.2, 0) is 21.4 Å². The van der Waals surface area contributed by atoms with Crippen molar-refractivity contribution in [2.45, 2.75) is 58.4 Å². The molecule has 9 nitrogen and oxygen atoms in total. The maximum absolute atomic E-state index is 13.2. The van der Waals surface area contributed by atoms with Crippen molar-refractivity contribution in [1.29, 1.82) is 0 Å². The van der Waals surface area contributed by atoms with Crippen LogP contribution in [0.25, 0.3) is 42.9 Å². The Morgan fingerprint density at radius 1 is 1.02 bits per heavy atom. The van der Waals surface area contributed by atoms with Gasteiger partial charge in [-0.1, -0.05) is 31.4 Å². The molecule has 12 heteroatoms. The summed E-state index contributed by atoms with van der Waals surface area (Å²) in [5.41, 5.74) is 6.61. The minimum Gasteiger partial charge on any atom is -0.347 e. The van der Waals surface area contributed by atoms with Gasteiger partial charge in [-0.25, -0.2) is 23.1 Å². The summed E-state index contributed by atoms with van der Waals surface area (Å²) in [4.78, 5) is 38.6. The normalized spacial score (nSPS) is 14.4. The summed E-state index contributed by atoms with van der Waals surface area (Å²) in [5.74, 6) is -0.474. The molecule has 1 N–H and O–H groups in total.